The molecule has 0 saturated heterocycles. The Labute approximate surface area is 101 Å². The molecule has 1 aromatic heterocycles. The summed E-state index contributed by atoms with van der Waals surface area (Å²) < 4.78 is 5.45. The minimum absolute atomic E-state index is 0.410. The fourth-order valence-electron chi connectivity index (χ4n) is 2.03. The summed E-state index contributed by atoms with van der Waals surface area (Å²) in [5.74, 6) is 1.66. The van der Waals surface area contributed by atoms with Crippen LogP contribution in [0.4, 0.5) is 0 Å². The summed E-state index contributed by atoms with van der Waals surface area (Å²) >= 11 is 0. The number of aromatic nitrogens is 2. The number of methoxy groups -OCH3 is 1. The van der Waals surface area contributed by atoms with Crippen LogP contribution in [0.2, 0.25) is 0 Å². The second kappa shape index (κ2) is 4.59. The first-order valence-electron chi connectivity index (χ1n) is 5.55. The summed E-state index contributed by atoms with van der Waals surface area (Å²) in [5, 5.41) is 0. The van der Waals surface area contributed by atoms with Gasteiger partial charge in [-0.1, -0.05) is 6.07 Å². The number of hydrogen-bond acceptors (Lipinski definition) is 3. The Morgan fingerprint density at radius 2 is 2.12 bits per heavy atom. The first-order chi connectivity index (χ1) is 8.15. The highest BCUT2D eigenvalue weighted by molar-refractivity contribution is 5.69. The summed E-state index contributed by atoms with van der Waals surface area (Å²) in [7, 11) is 1.68. The van der Waals surface area contributed by atoms with E-state index in [-0.39, 0.29) is 0 Å². The largest absolute Gasteiger partial charge is 0.496 e. The molecule has 0 atom stereocenters. The average Bonchev–Trinajstić information content (AvgIpc) is 2.76. The van der Waals surface area contributed by atoms with E-state index in [0.29, 0.717) is 6.54 Å². The van der Waals surface area contributed by atoms with Crippen molar-refractivity contribution < 1.29 is 4.74 Å². The number of H-pyrrole nitrogens is 1. The predicted octanol–water partition coefficient (Wildman–Crippen LogP) is 2.16. The van der Waals surface area contributed by atoms with E-state index in [1.807, 2.05) is 6.92 Å². The molecule has 90 valence electrons. The van der Waals surface area contributed by atoms with E-state index in [9.17, 15) is 0 Å². The standard InChI is InChI=1S/C13H17N3O/c1-8-4-9(2)13(17-3)10(5-8)11-7-15-12(6-14)16-11/h4-5,7H,6,14H2,1-3H3,(H,15,16). The van der Waals surface area contributed by atoms with Crippen LogP contribution in [0.5, 0.6) is 5.75 Å². The first kappa shape index (κ1) is 11.7. The van der Waals surface area contributed by atoms with Gasteiger partial charge in [0, 0.05) is 5.56 Å². The molecule has 3 N–H and O–H groups in total. The third kappa shape index (κ3) is 2.17. The van der Waals surface area contributed by atoms with Crippen molar-refractivity contribution >= 4 is 0 Å². The summed E-state index contributed by atoms with van der Waals surface area (Å²) in [6, 6.07) is 4.18. The van der Waals surface area contributed by atoms with E-state index in [1.54, 1.807) is 13.3 Å². The van der Waals surface area contributed by atoms with Gasteiger partial charge in [-0.15, -0.1) is 0 Å². The molecule has 1 heterocycles. The maximum Gasteiger partial charge on any atom is 0.131 e. The number of nitrogens with two attached hydrogens (primary N) is 1. The van der Waals surface area contributed by atoms with Crippen LogP contribution >= 0.6 is 0 Å². The normalized spacial score (nSPS) is 10.6. The van der Waals surface area contributed by atoms with E-state index in [1.165, 1.54) is 5.56 Å². The van der Waals surface area contributed by atoms with Gasteiger partial charge in [-0.25, -0.2) is 4.98 Å². The van der Waals surface area contributed by atoms with Crippen molar-refractivity contribution in [3.05, 3.63) is 35.3 Å². The fourth-order valence-corrected chi connectivity index (χ4v) is 2.03. The van der Waals surface area contributed by atoms with Gasteiger partial charge < -0.3 is 15.5 Å². The monoisotopic (exact) mass is 231 g/mol. The van der Waals surface area contributed by atoms with E-state index in [2.05, 4.69) is 29.0 Å². The van der Waals surface area contributed by atoms with Crippen molar-refractivity contribution in [3.63, 3.8) is 0 Å². The molecule has 0 bridgehead atoms. The maximum absolute atomic E-state index is 5.55. The Hall–Kier alpha value is -1.81. The van der Waals surface area contributed by atoms with Gasteiger partial charge in [0.25, 0.3) is 0 Å². The quantitative estimate of drug-likeness (QED) is 0.850. The summed E-state index contributed by atoms with van der Waals surface area (Å²) in [6.45, 7) is 4.51. The van der Waals surface area contributed by atoms with Gasteiger partial charge in [0.05, 0.1) is 25.5 Å². The molecule has 0 radical (unpaired) electrons. The van der Waals surface area contributed by atoms with Crippen molar-refractivity contribution in [2.75, 3.05) is 7.11 Å². The molecule has 2 aromatic rings. The fraction of sp³-hybridized carbons (Fsp3) is 0.308. The van der Waals surface area contributed by atoms with Crippen molar-refractivity contribution in [2.24, 2.45) is 5.73 Å². The highest BCUT2D eigenvalue weighted by atomic mass is 16.5. The average molecular weight is 231 g/mol. The van der Waals surface area contributed by atoms with Gasteiger partial charge in [-0.05, 0) is 31.0 Å². The molecule has 0 fully saturated rings. The van der Waals surface area contributed by atoms with Gasteiger partial charge in [0.2, 0.25) is 0 Å². The number of nitrogens with zero attached hydrogens (tertiary/aromatic N) is 1. The van der Waals surface area contributed by atoms with Gasteiger partial charge in [0.15, 0.2) is 0 Å². The van der Waals surface area contributed by atoms with Crippen LogP contribution in [0, 0.1) is 13.8 Å². The van der Waals surface area contributed by atoms with Crippen LogP contribution in [-0.4, -0.2) is 17.1 Å². The smallest absolute Gasteiger partial charge is 0.131 e. The number of aromatic amines is 1. The summed E-state index contributed by atoms with van der Waals surface area (Å²) in [5.41, 5.74) is 9.82. The number of benzene rings is 1. The molecule has 0 aliphatic rings. The maximum atomic E-state index is 5.55. The van der Waals surface area contributed by atoms with E-state index in [4.69, 9.17) is 10.5 Å². The minimum atomic E-state index is 0.410. The molecular weight excluding hydrogens is 214 g/mol. The predicted molar refractivity (Wildman–Crippen MR) is 67.9 cm³/mol. The molecule has 0 unspecified atom stereocenters. The molecule has 2 rings (SSSR count). The zero-order valence-electron chi connectivity index (χ0n) is 10.4. The van der Waals surface area contributed by atoms with Crippen LogP contribution in [0.1, 0.15) is 17.0 Å². The lowest BCUT2D eigenvalue weighted by molar-refractivity contribution is 0.413. The zero-order valence-corrected chi connectivity index (χ0v) is 10.4. The van der Waals surface area contributed by atoms with E-state index in [0.717, 1.165) is 28.4 Å². The van der Waals surface area contributed by atoms with Crippen molar-refractivity contribution in [2.45, 2.75) is 20.4 Å². The molecule has 0 aliphatic heterocycles. The Kier molecular flexibility index (Phi) is 3.15. The highest BCUT2D eigenvalue weighted by Crippen LogP contribution is 2.32. The minimum Gasteiger partial charge on any atom is -0.496 e. The molecular formula is C13H17N3O. The number of imidazole rings is 1. The summed E-state index contributed by atoms with van der Waals surface area (Å²) in [4.78, 5) is 7.40. The Balaban J connectivity index is 2.57. The van der Waals surface area contributed by atoms with Crippen LogP contribution in [0.3, 0.4) is 0 Å². The lowest BCUT2D eigenvalue weighted by Gasteiger charge is -2.11. The Morgan fingerprint density at radius 3 is 2.71 bits per heavy atom. The van der Waals surface area contributed by atoms with Crippen molar-refractivity contribution in [3.8, 4) is 17.0 Å². The Bertz CT molecular complexity index is 531. The van der Waals surface area contributed by atoms with Crippen LogP contribution in [0.15, 0.2) is 18.3 Å². The second-order valence-corrected chi connectivity index (χ2v) is 4.11. The number of nitrogens with one attached hydrogen (secondary N) is 1. The van der Waals surface area contributed by atoms with Gasteiger partial charge in [0.1, 0.15) is 11.6 Å². The van der Waals surface area contributed by atoms with Gasteiger partial charge in [-0.3, -0.25) is 0 Å². The van der Waals surface area contributed by atoms with Crippen LogP contribution in [-0.2, 0) is 6.54 Å². The van der Waals surface area contributed by atoms with Crippen LogP contribution < -0.4 is 10.5 Å². The second-order valence-electron chi connectivity index (χ2n) is 4.11. The number of hydrogen-bond donors (Lipinski definition) is 2. The molecule has 0 aliphatic carbocycles. The van der Waals surface area contributed by atoms with Crippen molar-refractivity contribution in [1.82, 2.24) is 9.97 Å². The SMILES string of the molecule is COc1c(C)cc(C)cc1-c1cnc(CN)[nH]1. The number of aryl methyl sites for hydroxylation is 2. The number of ether oxygens (including phenoxy) is 1. The molecule has 4 heteroatoms. The number of rotatable bonds is 3. The topological polar surface area (TPSA) is 63.9 Å². The molecule has 1 aromatic carbocycles. The molecule has 0 saturated carbocycles. The third-order valence-electron chi connectivity index (χ3n) is 2.74. The van der Waals surface area contributed by atoms with Crippen LogP contribution in [0.25, 0.3) is 11.3 Å². The zero-order chi connectivity index (χ0) is 12.4. The highest BCUT2D eigenvalue weighted by Gasteiger charge is 2.11. The third-order valence-corrected chi connectivity index (χ3v) is 2.74. The van der Waals surface area contributed by atoms with Gasteiger partial charge >= 0.3 is 0 Å². The Morgan fingerprint density at radius 1 is 1.35 bits per heavy atom. The molecule has 17 heavy (non-hydrogen) atoms. The molecule has 0 amide bonds. The van der Waals surface area contributed by atoms with E-state index >= 15 is 0 Å². The van der Waals surface area contributed by atoms with Gasteiger partial charge in [-0.2, -0.15) is 0 Å². The first-order valence-corrected chi connectivity index (χ1v) is 5.55. The van der Waals surface area contributed by atoms with E-state index < -0.39 is 0 Å². The molecule has 0 spiro atoms. The molecule has 4 nitrogen and oxygen atoms in total. The summed E-state index contributed by atoms with van der Waals surface area (Å²) in [6.07, 6.45) is 1.79. The van der Waals surface area contributed by atoms with Crippen molar-refractivity contribution in [1.29, 1.82) is 0 Å². The lowest BCUT2D eigenvalue weighted by Crippen LogP contribution is -1.98. The lowest BCUT2D eigenvalue weighted by atomic mass is 10.0.